The fourth-order valence-electron chi connectivity index (χ4n) is 3.89. The number of carboxylic acid groups (broad SMARTS) is 1. The Morgan fingerprint density at radius 3 is 2.45 bits per heavy atom. The highest BCUT2D eigenvalue weighted by molar-refractivity contribution is 5.78. The van der Waals surface area contributed by atoms with Crippen LogP contribution in [0.2, 0.25) is 0 Å². The zero-order chi connectivity index (χ0) is 14.8. The van der Waals surface area contributed by atoms with Crippen LogP contribution in [-0.2, 0) is 4.79 Å². The van der Waals surface area contributed by atoms with Crippen LogP contribution in [0, 0.1) is 5.92 Å². The summed E-state index contributed by atoms with van der Waals surface area (Å²) < 4.78 is 0. The van der Waals surface area contributed by atoms with Gasteiger partial charge in [-0.1, -0.05) is 13.8 Å². The van der Waals surface area contributed by atoms with Crippen LogP contribution in [0.25, 0.3) is 0 Å². The molecule has 2 heterocycles. The average Bonchev–Trinajstić information content (AvgIpc) is 2.39. The fourth-order valence-corrected chi connectivity index (χ4v) is 3.89. The lowest BCUT2D eigenvalue weighted by molar-refractivity contribution is -0.156. The van der Waals surface area contributed by atoms with Crippen molar-refractivity contribution < 1.29 is 9.90 Å². The van der Waals surface area contributed by atoms with Gasteiger partial charge in [0, 0.05) is 12.6 Å². The molecule has 0 radical (unpaired) electrons. The Kier molecular flexibility index (Phi) is 5.08. The highest BCUT2D eigenvalue weighted by Gasteiger charge is 2.44. The molecule has 1 unspecified atom stereocenters. The maximum atomic E-state index is 11.7. The lowest BCUT2D eigenvalue weighted by Crippen LogP contribution is -2.60. The van der Waals surface area contributed by atoms with Gasteiger partial charge in [-0.2, -0.15) is 0 Å². The molecular formula is C16H30N2O2. The first-order valence-electron chi connectivity index (χ1n) is 8.16. The first-order chi connectivity index (χ1) is 9.43. The van der Waals surface area contributed by atoms with E-state index in [0.717, 1.165) is 51.7 Å². The maximum Gasteiger partial charge on any atom is 0.323 e. The average molecular weight is 282 g/mol. The van der Waals surface area contributed by atoms with Gasteiger partial charge in [-0.15, -0.1) is 0 Å². The number of piperidine rings is 2. The standard InChI is InChI=1S/C16H30N2O2/c1-13(2)12-17-10-6-14(7-11-17)18-9-5-4-8-16(18,3)15(19)20/h13-14H,4-12H2,1-3H3,(H,19,20). The van der Waals surface area contributed by atoms with Crippen molar-refractivity contribution in [1.29, 1.82) is 0 Å². The van der Waals surface area contributed by atoms with Crippen molar-refractivity contribution in [2.24, 2.45) is 5.92 Å². The van der Waals surface area contributed by atoms with Crippen LogP contribution in [0.3, 0.4) is 0 Å². The van der Waals surface area contributed by atoms with Crippen molar-refractivity contribution in [3.05, 3.63) is 0 Å². The third-order valence-electron chi connectivity index (χ3n) is 5.03. The van der Waals surface area contributed by atoms with E-state index in [0.29, 0.717) is 12.0 Å². The summed E-state index contributed by atoms with van der Waals surface area (Å²) in [5.74, 6) is 0.0765. The van der Waals surface area contributed by atoms with Gasteiger partial charge in [0.05, 0.1) is 0 Å². The highest BCUT2D eigenvalue weighted by atomic mass is 16.4. The van der Waals surface area contributed by atoms with Gasteiger partial charge in [0.25, 0.3) is 0 Å². The number of aliphatic carboxylic acids is 1. The Hall–Kier alpha value is -0.610. The van der Waals surface area contributed by atoms with Crippen molar-refractivity contribution >= 4 is 5.97 Å². The predicted octanol–water partition coefficient (Wildman–Crippen LogP) is 2.44. The summed E-state index contributed by atoms with van der Waals surface area (Å²) in [5.41, 5.74) is -0.636. The molecule has 0 amide bonds. The van der Waals surface area contributed by atoms with Gasteiger partial charge in [-0.05, 0) is 64.6 Å². The Balaban J connectivity index is 1.96. The van der Waals surface area contributed by atoms with Crippen molar-refractivity contribution in [2.45, 2.75) is 64.5 Å². The van der Waals surface area contributed by atoms with Crippen LogP contribution in [0.4, 0.5) is 0 Å². The van der Waals surface area contributed by atoms with Gasteiger partial charge in [0.2, 0.25) is 0 Å². The molecule has 116 valence electrons. The number of carbonyl (C=O) groups is 1. The van der Waals surface area contributed by atoms with E-state index >= 15 is 0 Å². The Morgan fingerprint density at radius 1 is 1.25 bits per heavy atom. The topological polar surface area (TPSA) is 43.8 Å². The van der Waals surface area contributed by atoms with E-state index in [-0.39, 0.29) is 0 Å². The SMILES string of the molecule is CC(C)CN1CCC(N2CCCCC2(C)C(=O)O)CC1. The molecule has 1 N–H and O–H groups in total. The second kappa shape index (κ2) is 6.44. The largest absolute Gasteiger partial charge is 0.480 e. The Bertz CT molecular complexity index is 337. The van der Waals surface area contributed by atoms with Gasteiger partial charge in [-0.3, -0.25) is 9.69 Å². The molecule has 2 aliphatic rings. The molecular weight excluding hydrogens is 252 g/mol. The number of hydrogen-bond donors (Lipinski definition) is 1. The second-order valence-electron chi connectivity index (χ2n) is 7.16. The van der Waals surface area contributed by atoms with Crippen LogP contribution < -0.4 is 0 Å². The minimum Gasteiger partial charge on any atom is -0.480 e. The zero-order valence-electron chi connectivity index (χ0n) is 13.3. The number of nitrogens with zero attached hydrogens (tertiary/aromatic N) is 2. The predicted molar refractivity (Wildman–Crippen MR) is 80.9 cm³/mol. The quantitative estimate of drug-likeness (QED) is 0.860. The second-order valence-corrected chi connectivity index (χ2v) is 7.16. The molecule has 0 bridgehead atoms. The molecule has 4 heteroatoms. The van der Waals surface area contributed by atoms with Crippen LogP contribution in [0.5, 0.6) is 0 Å². The van der Waals surface area contributed by atoms with Gasteiger partial charge in [-0.25, -0.2) is 0 Å². The van der Waals surface area contributed by atoms with E-state index in [4.69, 9.17) is 0 Å². The molecule has 0 spiro atoms. The molecule has 0 aromatic carbocycles. The van der Waals surface area contributed by atoms with Gasteiger partial charge in [0.15, 0.2) is 0 Å². The molecule has 0 aromatic rings. The summed E-state index contributed by atoms with van der Waals surface area (Å²) in [6.07, 6.45) is 5.24. The summed E-state index contributed by atoms with van der Waals surface area (Å²) in [6.45, 7) is 10.8. The Labute approximate surface area is 123 Å². The molecule has 0 aromatic heterocycles. The molecule has 0 aliphatic carbocycles. The first-order valence-corrected chi connectivity index (χ1v) is 8.16. The van der Waals surface area contributed by atoms with Gasteiger partial charge in [0.1, 0.15) is 5.54 Å². The van der Waals surface area contributed by atoms with E-state index in [1.165, 1.54) is 6.54 Å². The van der Waals surface area contributed by atoms with E-state index in [1.54, 1.807) is 0 Å². The lowest BCUT2D eigenvalue weighted by Gasteiger charge is -2.48. The summed E-state index contributed by atoms with van der Waals surface area (Å²) in [7, 11) is 0. The smallest absolute Gasteiger partial charge is 0.323 e. The first kappa shape index (κ1) is 15.8. The van der Waals surface area contributed by atoms with E-state index in [9.17, 15) is 9.90 Å². The minimum atomic E-state index is -0.637. The van der Waals surface area contributed by atoms with Crippen molar-refractivity contribution in [3.8, 4) is 0 Å². The molecule has 2 fully saturated rings. The number of hydrogen-bond acceptors (Lipinski definition) is 3. The molecule has 4 nitrogen and oxygen atoms in total. The third-order valence-corrected chi connectivity index (χ3v) is 5.03. The van der Waals surface area contributed by atoms with Crippen molar-refractivity contribution in [2.75, 3.05) is 26.2 Å². The van der Waals surface area contributed by atoms with Gasteiger partial charge >= 0.3 is 5.97 Å². The molecule has 0 saturated carbocycles. The van der Waals surface area contributed by atoms with Crippen LogP contribution in [-0.4, -0.2) is 58.6 Å². The Morgan fingerprint density at radius 2 is 1.90 bits per heavy atom. The summed E-state index contributed by atoms with van der Waals surface area (Å²) in [6, 6.07) is 0.458. The highest BCUT2D eigenvalue weighted by Crippen LogP contribution is 2.33. The lowest BCUT2D eigenvalue weighted by atomic mass is 9.85. The minimum absolute atomic E-state index is 0.458. The molecule has 20 heavy (non-hydrogen) atoms. The number of rotatable bonds is 4. The zero-order valence-corrected chi connectivity index (χ0v) is 13.3. The van der Waals surface area contributed by atoms with Crippen molar-refractivity contribution in [3.63, 3.8) is 0 Å². The monoisotopic (exact) mass is 282 g/mol. The summed E-state index contributed by atoms with van der Waals surface area (Å²) >= 11 is 0. The molecule has 2 aliphatic heterocycles. The fraction of sp³-hybridized carbons (Fsp3) is 0.938. The van der Waals surface area contributed by atoms with Crippen LogP contribution in [0.15, 0.2) is 0 Å². The van der Waals surface area contributed by atoms with E-state index in [1.807, 2.05) is 6.92 Å². The molecule has 2 saturated heterocycles. The van der Waals surface area contributed by atoms with Crippen LogP contribution >= 0.6 is 0 Å². The van der Waals surface area contributed by atoms with Crippen LogP contribution in [0.1, 0.15) is 52.9 Å². The summed E-state index contributed by atoms with van der Waals surface area (Å²) in [5, 5.41) is 9.62. The van der Waals surface area contributed by atoms with Gasteiger partial charge < -0.3 is 10.0 Å². The number of likely N-dealkylation sites (tertiary alicyclic amines) is 2. The molecule has 1 atom stereocenters. The maximum absolute atomic E-state index is 11.7. The van der Waals surface area contributed by atoms with Crippen molar-refractivity contribution in [1.82, 2.24) is 9.80 Å². The summed E-state index contributed by atoms with van der Waals surface area (Å²) in [4.78, 5) is 16.5. The molecule has 2 rings (SSSR count). The normalized spacial score (nSPS) is 30.8. The third kappa shape index (κ3) is 3.34. The van der Waals surface area contributed by atoms with E-state index < -0.39 is 11.5 Å². The number of carboxylic acids is 1. The van der Waals surface area contributed by atoms with E-state index in [2.05, 4.69) is 23.6 Å².